The van der Waals surface area contributed by atoms with Crippen molar-refractivity contribution in [2.45, 2.75) is 19.4 Å². The number of hydrogen-bond donors (Lipinski definition) is 1. The van der Waals surface area contributed by atoms with Gasteiger partial charge in [0.05, 0.1) is 20.8 Å². The summed E-state index contributed by atoms with van der Waals surface area (Å²) in [5.74, 6) is 1.48. The normalized spacial score (nSPS) is 16.8. The van der Waals surface area contributed by atoms with Gasteiger partial charge in [-0.2, -0.15) is 0 Å². The molecule has 2 aromatic rings. The van der Waals surface area contributed by atoms with Crippen LogP contribution >= 0.6 is 0 Å². The SMILES string of the molecule is COc1cc2c(cc1OC)[C@H](C)N(CC(=O)Nc1ccccc1)CC2. The smallest absolute Gasteiger partial charge is 0.238 e. The second-order valence-corrected chi connectivity index (χ2v) is 6.22. The highest BCUT2D eigenvalue weighted by Gasteiger charge is 2.27. The van der Waals surface area contributed by atoms with Crippen LogP contribution < -0.4 is 14.8 Å². The summed E-state index contributed by atoms with van der Waals surface area (Å²) in [6.07, 6.45) is 0.888. The van der Waals surface area contributed by atoms with Gasteiger partial charge >= 0.3 is 0 Å². The zero-order valence-corrected chi connectivity index (χ0v) is 14.9. The molecule has 0 saturated heterocycles. The molecule has 0 aromatic heterocycles. The minimum absolute atomic E-state index is 0.00183. The highest BCUT2D eigenvalue weighted by molar-refractivity contribution is 5.92. The third kappa shape index (κ3) is 3.77. The molecule has 0 saturated carbocycles. The van der Waals surface area contributed by atoms with Crippen LogP contribution in [0.1, 0.15) is 24.1 Å². The van der Waals surface area contributed by atoms with E-state index in [-0.39, 0.29) is 11.9 Å². The monoisotopic (exact) mass is 340 g/mol. The molecule has 1 atom stereocenters. The Morgan fingerprint density at radius 1 is 1.16 bits per heavy atom. The first-order valence-electron chi connectivity index (χ1n) is 8.46. The van der Waals surface area contributed by atoms with Crippen molar-refractivity contribution >= 4 is 11.6 Å². The van der Waals surface area contributed by atoms with Crippen LogP contribution in [0, 0.1) is 0 Å². The molecule has 132 valence electrons. The van der Waals surface area contributed by atoms with E-state index in [4.69, 9.17) is 9.47 Å². The highest BCUT2D eigenvalue weighted by atomic mass is 16.5. The van der Waals surface area contributed by atoms with Crippen LogP contribution in [0.5, 0.6) is 11.5 Å². The maximum absolute atomic E-state index is 12.4. The van der Waals surface area contributed by atoms with Crippen LogP contribution in [0.3, 0.4) is 0 Å². The Labute approximate surface area is 148 Å². The lowest BCUT2D eigenvalue weighted by molar-refractivity contribution is -0.117. The van der Waals surface area contributed by atoms with Crippen molar-refractivity contribution < 1.29 is 14.3 Å². The predicted octanol–water partition coefficient (Wildman–Crippen LogP) is 3.26. The fourth-order valence-electron chi connectivity index (χ4n) is 3.32. The molecule has 0 aliphatic carbocycles. The number of methoxy groups -OCH3 is 2. The predicted molar refractivity (Wildman–Crippen MR) is 98.3 cm³/mol. The number of amides is 1. The van der Waals surface area contributed by atoms with Crippen molar-refractivity contribution in [2.24, 2.45) is 0 Å². The summed E-state index contributed by atoms with van der Waals surface area (Å²) < 4.78 is 10.8. The quantitative estimate of drug-likeness (QED) is 0.908. The van der Waals surface area contributed by atoms with Crippen molar-refractivity contribution in [2.75, 3.05) is 32.6 Å². The Balaban J connectivity index is 1.72. The number of rotatable bonds is 5. The molecular weight excluding hydrogens is 316 g/mol. The molecule has 1 N–H and O–H groups in total. The van der Waals surface area contributed by atoms with E-state index >= 15 is 0 Å². The van der Waals surface area contributed by atoms with E-state index in [2.05, 4.69) is 17.1 Å². The molecule has 1 heterocycles. The minimum atomic E-state index is 0.00183. The van der Waals surface area contributed by atoms with Gasteiger partial charge in [-0.15, -0.1) is 0 Å². The topological polar surface area (TPSA) is 50.8 Å². The number of ether oxygens (including phenoxy) is 2. The molecule has 0 bridgehead atoms. The molecular formula is C20H24N2O3. The number of hydrogen-bond acceptors (Lipinski definition) is 4. The molecule has 1 aliphatic heterocycles. The van der Waals surface area contributed by atoms with Gasteiger partial charge in [-0.25, -0.2) is 0 Å². The van der Waals surface area contributed by atoms with Crippen LogP contribution in [-0.2, 0) is 11.2 Å². The Bertz CT molecular complexity index is 746. The van der Waals surface area contributed by atoms with Gasteiger partial charge in [-0.05, 0) is 48.7 Å². The molecule has 0 fully saturated rings. The number of anilines is 1. The maximum atomic E-state index is 12.4. The highest BCUT2D eigenvalue weighted by Crippen LogP contribution is 2.37. The van der Waals surface area contributed by atoms with E-state index in [1.54, 1.807) is 14.2 Å². The number of nitrogens with zero attached hydrogens (tertiary/aromatic N) is 1. The Morgan fingerprint density at radius 3 is 2.52 bits per heavy atom. The average Bonchev–Trinajstić information content (AvgIpc) is 2.64. The Hall–Kier alpha value is -2.53. The van der Waals surface area contributed by atoms with Crippen molar-refractivity contribution in [3.8, 4) is 11.5 Å². The number of fused-ring (bicyclic) bond motifs is 1. The van der Waals surface area contributed by atoms with E-state index in [0.717, 1.165) is 30.2 Å². The van der Waals surface area contributed by atoms with Crippen LogP contribution in [0.4, 0.5) is 5.69 Å². The molecule has 0 radical (unpaired) electrons. The summed E-state index contributed by atoms with van der Waals surface area (Å²) in [5, 5.41) is 2.95. The first-order chi connectivity index (χ1) is 12.1. The van der Waals surface area contributed by atoms with E-state index in [9.17, 15) is 4.79 Å². The van der Waals surface area contributed by atoms with Crippen LogP contribution in [-0.4, -0.2) is 38.1 Å². The molecule has 1 amide bonds. The lowest BCUT2D eigenvalue weighted by Crippen LogP contribution is -2.39. The zero-order chi connectivity index (χ0) is 17.8. The second kappa shape index (κ2) is 7.57. The second-order valence-electron chi connectivity index (χ2n) is 6.22. The van der Waals surface area contributed by atoms with E-state index in [1.165, 1.54) is 11.1 Å². The number of nitrogens with one attached hydrogen (secondary N) is 1. The van der Waals surface area contributed by atoms with Gasteiger partial charge in [-0.1, -0.05) is 18.2 Å². The summed E-state index contributed by atoms with van der Waals surface area (Å²) in [5.41, 5.74) is 3.27. The molecule has 1 aliphatic rings. The molecule has 0 unspecified atom stereocenters. The molecule has 3 rings (SSSR count). The molecule has 2 aromatic carbocycles. The standard InChI is InChI=1S/C20H24N2O3/c1-14-17-12-19(25-3)18(24-2)11-15(17)9-10-22(14)13-20(23)21-16-7-5-4-6-8-16/h4-8,11-12,14H,9-10,13H2,1-3H3,(H,21,23)/t14-/m0/s1. The largest absolute Gasteiger partial charge is 0.493 e. The van der Waals surface area contributed by atoms with E-state index in [0.29, 0.717) is 6.54 Å². The van der Waals surface area contributed by atoms with Gasteiger partial charge < -0.3 is 14.8 Å². The Kier molecular flexibility index (Phi) is 5.24. The van der Waals surface area contributed by atoms with Gasteiger partial charge in [0, 0.05) is 18.3 Å². The van der Waals surface area contributed by atoms with Gasteiger partial charge in [-0.3, -0.25) is 9.69 Å². The summed E-state index contributed by atoms with van der Waals surface area (Å²) in [6, 6.07) is 13.8. The fourth-order valence-corrected chi connectivity index (χ4v) is 3.32. The van der Waals surface area contributed by atoms with Gasteiger partial charge in [0.1, 0.15) is 0 Å². The average molecular weight is 340 g/mol. The van der Waals surface area contributed by atoms with Crippen LogP contribution in [0.15, 0.2) is 42.5 Å². The minimum Gasteiger partial charge on any atom is -0.493 e. The first-order valence-corrected chi connectivity index (χ1v) is 8.46. The van der Waals surface area contributed by atoms with Crippen LogP contribution in [0.25, 0.3) is 0 Å². The van der Waals surface area contributed by atoms with Crippen molar-refractivity contribution in [3.05, 3.63) is 53.6 Å². The summed E-state index contributed by atoms with van der Waals surface area (Å²) in [6.45, 7) is 3.33. The summed E-state index contributed by atoms with van der Waals surface area (Å²) >= 11 is 0. The van der Waals surface area contributed by atoms with E-state index < -0.39 is 0 Å². The van der Waals surface area contributed by atoms with Gasteiger partial charge in [0.15, 0.2) is 11.5 Å². The molecule has 5 nitrogen and oxygen atoms in total. The number of carbonyl (C=O) groups excluding carboxylic acids is 1. The first kappa shape index (κ1) is 17.3. The molecule has 25 heavy (non-hydrogen) atoms. The molecule has 0 spiro atoms. The lowest BCUT2D eigenvalue weighted by atomic mass is 9.93. The summed E-state index contributed by atoms with van der Waals surface area (Å²) in [7, 11) is 3.29. The number of benzene rings is 2. The maximum Gasteiger partial charge on any atom is 0.238 e. The lowest BCUT2D eigenvalue weighted by Gasteiger charge is -2.35. The van der Waals surface area contributed by atoms with Crippen molar-refractivity contribution in [1.82, 2.24) is 4.90 Å². The van der Waals surface area contributed by atoms with Gasteiger partial charge in [0.25, 0.3) is 0 Å². The number of para-hydroxylation sites is 1. The Morgan fingerprint density at radius 2 is 1.84 bits per heavy atom. The fraction of sp³-hybridized carbons (Fsp3) is 0.350. The van der Waals surface area contributed by atoms with E-state index in [1.807, 2.05) is 42.5 Å². The third-order valence-corrected chi connectivity index (χ3v) is 4.72. The molecule has 5 heteroatoms. The van der Waals surface area contributed by atoms with Gasteiger partial charge in [0.2, 0.25) is 5.91 Å². The summed E-state index contributed by atoms with van der Waals surface area (Å²) in [4.78, 5) is 14.6. The van der Waals surface area contributed by atoms with Crippen LogP contribution in [0.2, 0.25) is 0 Å². The van der Waals surface area contributed by atoms with Crippen molar-refractivity contribution in [1.29, 1.82) is 0 Å². The third-order valence-electron chi connectivity index (χ3n) is 4.72. The zero-order valence-electron chi connectivity index (χ0n) is 14.9. The number of carbonyl (C=O) groups is 1. The van der Waals surface area contributed by atoms with Crippen molar-refractivity contribution in [3.63, 3.8) is 0 Å².